The number of halogens is 2. The third kappa shape index (κ3) is 2.13. The van der Waals surface area contributed by atoms with Gasteiger partial charge in [-0.25, -0.2) is 0 Å². The van der Waals surface area contributed by atoms with E-state index in [1.165, 1.54) is 0 Å². The van der Waals surface area contributed by atoms with Gasteiger partial charge in [0.2, 0.25) is 0 Å². The molecule has 1 fully saturated rings. The van der Waals surface area contributed by atoms with Gasteiger partial charge < -0.3 is 4.74 Å². The third-order valence-corrected chi connectivity index (χ3v) is 5.59. The van der Waals surface area contributed by atoms with Crippen LogP contribution >= 0.6 is 38.5 Å². The van der Waals surface area contributed by atoms with Crippen LogP contribution in [-0.4, -0.2) is 13.2 Å². The molecule has 0 N–H and O–H groups in total. The lowest BCUT2D eigenvalue weighted by Crippen LogP contribution is -2.33. The van der Waals surface area contributed by atoms with Gasteiger partial charge in [-0.15, -0.1) is 0 Å². The van der Waals surface area contributed by atoms with Gasteiger partial charge in [0.15, 0.2) is 0 Å². The molecule has 4 heteroatoms. The zero-order chi connectivity index (χ0) is 11.6. The second-order valence-corrected chi connectivity index (χ2v) is 5.84. The SMILES string of the molecule is N#CC1(c2cccc(Br)c2I)CCOCC1. The predicted molar refractivity (Wildman–Crippen MR) is 74.2 cm³/mol. The summed E-state index contributed by atoms with van der Waals surface area (Å²) in [6.45, 7) is 1.35. The molecule has 0 radical (unpaired) electrons. The Bertz CT molecular complexity index is 435. The van der Waals surface area contributed by atoms with Crippen molar-refractivity contribution in [2.24, 2.45) is 0 Å². The lowest BCUT2D eigenvalue weighted by molar-refractivity contribution is 0.0673. The van der Waals surface area contributed by atoms with E-state index in [2.05, 4.69) is 50.7 Å². The van der Waals surface area contributed by atoms with E-state index in [0.717, 1.165) is 26.4 Å². The smallest absolute Gasteiger partial charge is 0.0876 e. The second kappa shape index (κ2) is 5.03. The predicted octanol–water partition coefficient (Wildman–Crippen LogP) is 3.63. The van der Waals surface area contributed by atoms with Crippen molar-refractivity contribution in [1.82, 2.24) is 0 Å². The number of rotatable bonds is 1. The molecule has 1 aromatic rings. The maximum absolute atomic E-state index is 9.49. The fraction of sp³-hybridized carbons (Fsp3) is 0.417. The van der Waals surface area contributed by atoms with E-state index in [-0.39, 0.29) is 5.41 Å². The molecular weight excluding hydrogens is 381 g/mol. The molecule has 16 heavy (non-hydrogen) atoms. The first-order chi connectivity index (χ1) is 7.69. The molecule has 1 aliphatic heterocycles. The van der Waals surface area contributed by atoms with E-state index in [9.17, 15) is 5.26 Å². The fourth-order valence-corrected chi connectivity index (χ4v) is 3.28. The normalized spacial score (nSPS) is 19.1. The highest BCUT2D eigenvalue weighted by Crippen LogP contribution is 2.38. The Morgan fingerprint density at radius 2 is 2.06 bits per heavy atom. The average molecular weight is 392 g/mol. The van der Waals surface area contributed by atoms with E-state index in [4.69, 9.17) is 4.74 Å². The number of hydrogen-bond donors (Lipinski definition) is 0. The van der Waals surface area contributed by atoms with Gasteiger partial charge in [0, 0.05) is 21.3 Å². The molecule has 1 saturated heterocycles. The molecule has 1 aliphatic rings. The summed E-state index contributed by atoms with van der Waals surface area (Å²) in [5.74, 6) is 0. The van der Waals surface area contributed by atoms with Crippen LogP contribution in [0.1, 0.15) is 18.4 Å². The molecule has 84 valence electrons. The maximum atomic E-state index is 9.49. The zero-order valence-corrected chi connectivity index (χ0v) is 12.4. The highest BCUT2D eigenvalue weighted by atomic mass is 127. The van der Waals surface area contributed by atoms with Crippen molar-refractivity contribution in [3.05, 3.63) is 31.8 Å². The lowest BCUT2D eigenvalue weighted by atomic mass is 9.75. The van der Waals surface area contributed by atoms with Gasteiger partial charge in [0.1, 0.15) is 0 Å². The Labute approximate surface area is 117 Å². The molecule has 0 unspecified atom stereocenters. The van der Waals surface area contributed by atoms with Crippen molar-refractivity contribution in [1.29, 1.82) is 5.26 Å². The molecule has 0 saturated carbocycles. The summed E-state index contributed by atoms with van der Waals surface area (Å²) in [5.41, 5.74) is 0.770. The van der Waals surface area contributed by atoms with Gasteiger partial charge in [0.25, 0.3) is 0 Å². The topological polar surface area (TPSA) is 33.0 Å². The Morgan fingerprint density at radius 3 is 2.69 bits per heavy atom. The quantitative estimate of drug-likeness (QED) is 0.685. The first kappa shape index (κ1) is 12.3. The highest BCUT2D eigenvalue weighted by Gasteiger charge is 2.36. The summed E-state index contributed by atoms with van der Waals surface area (Å²) in [6, 6.07) is 8.56. The molecule has 1 heterocycles. The molecule has 0 atom stereocenters. The largest absolute Gasteiger partial charge is 0.381 e. The van der Waals surface area contributed by atoms with E-state index < -0.39 is 0 Å². The Balaban J connectivity index is 2.48. The first-order valence-electron chi connectivity index (χ1n) is 5.13. The molecule has 0 aliphatic carbocycles. The van der Waals surface area contributed by atoms with E-state index in [0.29, 0.717) is 13.2 Å². The standard InChI is InChI=1S/C12H11BrINO/c13-10-3-1-2-9(11(10)14)12(8-15)4-6-16-7-5-12/h1-3H,4-7H2. The minimum Gasteiger partial charge on any atom is -0.381 e. The molecule has 0 aromatic heterocycles. The van der Waals surface area contributed by atoms with Crippen molar-refractivity contribution in [2.75, 3.05) is 13.2 Å². The van der Waals surface area contributed by atoms with E-state index in [1.807, 2.05) is 12.1 Å². The number of ether oxygens (including phenoxy) is 1. The van der Waals surface area contributed by atoms with Gasteiger partial charge in [-0.1, -0.05) is 12.1 Å². The lowest BCUT2D eigenvalue weighted by Gasteiger charge is -2.32. The zero-order valence-electron chi connectivity index (χ0n) is 8.67. The minimum absolute atomic E-state index is 0.363. The van der Waals surface area contributed by atoms with Crippen LogP contribution in [0.15, 0.2) is 22.7 Å². The van der Waals surface area contributed by atoms with Gasteiger partial charge in [-0.2, -0.15) is 5.26 Å². The van der Waals surface area contributed by atoms with Crippen LogP contribution in [0, 0.1) is 14.9 Å². The summed E-state index contributed by atoms with van der Waals surface area (Å²) in [5, 5.41) is 9.49. The first-order valence-corrected chi connectivity index (χ1v) is 7.00. The molecule has 1 aromatic carbocycles. The van der Waals surface area contributed by atoms with Crippen LogP contribution in [0.25, 0.3) is 0 Å². The van der Waals surface area contributed by atoms with Gasteiger partial charge >= 0.3 is 0 Å². The van der Waals surface area contributed by atoms with Crippen LogP contribution in [-0.2, 0) is 10.2 Å². The maximum Gasteiger partial charge on any atom is 0.0876 e. The van der Waals surface area contributed by atoms with Gasteiger partial charge in [-0.3, -0.25) is 0 Å². The summed E-state index contributed by atoms with van der Waals surface area (Å²) >= 11 is 5.82. The number of nitriles is 1. The van der Waals surface area contributed by atoms with Gasteiger partial charge in [-0.05, 0) is 63.0 Å². The Morgan fingerprint density at radius 1 is 1.38 bits per heavy atom. The summed E-state index contributed by atoms with van der Waals surface area (Å²) in [7, 11) is 0. The molecule has 0 bridgehead atoms. The van der Waals surface area contributed by atoms with Crippen LogP contribution < -0.4 is 0 Å². The third-order valence-electron chi connectivity index (χ3n) is 3.03. The summed E-state index contributed by atoms with van der Waals surface area (Å²) in [4.78, 5) is 0. The van der Waals surface area contributed by atoms with Crippen molar-refractivity contribution in [3.63, 3.8) is 0 Å². The van der Waals surface area contributed by atoms with Crippen molar-refractivity contribution >= 4 is 38.5 Å². The van der Waals surface area contributed by atoms with Crippen LogP contribution in [0.5, 0.6) is 0 Å². The Kier molecular flexibility index (Phi) is 3.88. The fourth-order valence-electron chi connectivity index (χ4n) is 2.03. The molecule has 2 nitrogen and oxygen atoms in total. The molecule has 0 amide bonds. The Hall–Kier alpha value is -0.120. The summed E-state index contributed by atoms with van der Waals surface area (Å²) in [6.07, 6.45) is 1.58. The van der Waals surface area contributed by atoms with Crippen molar-refractivity contribution in [3.8, 4) is 6.07 Å². The second-order valence-electron chi connectivity index (χ2n) is 3.91. The van der Waals surface area contributed by atoms with Crippen molar-refractivity contribution < 1.29 is 4.74 Å². The van der Waals surface area contributed by atoms with E-state index in [1.54, 1.807) is 0 Å². The minimum atomic E-state index is -0.363. The van der Waals surface area contributed by atoms with E-state index >= 15 is 0 Å². The van der Waals surface area contributed by atoms with Crippen LogP contribution in [0.3, 0.4) is 0 Å². The van der Waals surface area contributed by atoms with Crippen molar-refractivity contribution in [2.45, 2.75) is 18.3 Å². The molecular formula is C12H11BrINO. The van der Waals surface area contributed by atoms with Crippen LogP contribution in [0.4, 0.5) is 0 Å². The van der Waals surface area contributed by atoms with Crippen LogP contribution in [0.2, 0.25) is 0 Å². The number of benzene rings is 1. The number of hydrogen-bond acceptors (Lipinski definition) is 2. The average Bonchev–Trinajstić information content (AvgIpc) is 2.33. The van der Waals surface area contributed by atoms with Gasteiger partial charge in [0.05, 0.1) is 11.5 Å². The molecule has 2 rings (SSSR count). The highest BCUT2D eigenvalue weighted by molar-refractivity contribution is 14.1. The summed E-state index contributed by atoms with van der Waals surface area (Å²) < 4.78 is 7.56. The monoisotopic (exact) mass is 391 g/mol. The molecule has 0 spiro atoms. The number of nitrogens with zero attached hydrogens (tertiary/aromatic N) is 1.